The summed E-state index contributed by atoms with van der Waals surface area (Å²) in [6, 6.07) is 8.78. The predicted molar refractivity (Wildman–Crippen MR) is 74.3 cm³/mol. The lowest BCUT2D eigenvalue weighted by atomic mass is 9.79. The predicted octanol–water partition coefficient (Wildman–Crippen LogP) is 2.70. The number of nitrogens with one attached hydrogen (secondary N) is 1. The molecule has 2 N–H and O–H groups in total. The van der Waals surface area contributed by atoms with Gasteiger partial charge in [-0.25, -0.2) is 0 Å². The zero-order valence-electron chi connectivity index (χ0n) is 11.1. The number of hydrogen-bond acceptors (Lipinski definition) is 2. The molecule has 102 valence electrons. The van der Waals surface area contributed by atoms with E-state index in [1.165, 1.54) is 30.4 Å². The number of rotatable bonds is 3. The summed E-state index contributed by atoms with van der Waals surface area (Å²) >= 11 is 0. The molecule has 3 heteroatoms. The SMILES string of the molecule is O=C(O)C1CCC(CC2CCCc3ccccc32)N1. The van der Waals surface area contributed by atoms with Crippen LogP contribution in [0.3, 0.4) is 0 Å². The molecule has 3 unspecified atom stereocenters. The lowest BCUT2D eigenvalue weighted by Crippen LogP contribution is -2.36. The van der Waals surface area contributed by atoms with Crippen LogP contribution in [0, 0.1) is 0 Å². The monoisotopic (exact) mass is 259 g/mol. The van der Waals surface area contributed by atoms with E-state index in [0.29, 0.717) is 12.0 Å². The van der Waals surface area contributed by atoms with Gasteiger partial charge in [-0.2, -0.15) is 0 Å². The van der Waals surface area contributed by atoms with Crippen molar-refractivity contribution in [3.63, 3.8) is 0 Å². The molecule has 1 aromatic carbocycles. The third-order valence-corrected chi connectivity index (χ3v) is 4.60. The molecular formula is C16H21NO2. The molecule has 3 nitrogen and oxygen atoms in total. The van der Waals surface area contributed by atoms with Crippen molar-refractivity contribution in [1.82, 2.24) is 5.32 Å². The highest BCUT2D eigenvalue weighted by molar-refractivity contribution is 5.73. The Bertz CT molecular complexity index is 472. The Labute approximate surface area is 114 Å². The number of aliphatic carboxylic acids is 1. The molecule has 19 heavy (non-hydrogen) atoms. The molecule has 1 aromatic rings. The molecular weight excluding hydrogens is 238 g/mol. The highest BCUT2D eigenvalue weighted by Crippen LogP contribution is 2.36. The number of carbonyl (C=O) groups is 1. The average Bonchev–Trinajstić information content (AvgIpc) is 2.88. The van der Waals surface area contributed by atoms with Crippen LogP contribution in [0.4, 0.5) is 0 Å². The first-order valence-electron chi connectivity index (χ1n) is 7.30. The maximum Gasteiger partial charge on any atom is 0.320 e. The molecule has 0 saturated carbocycles. The third kappa shape index (κ3) is 2.66. The summed E-state index contributed by atoms with van der Waals surface area (Å²) in [5, 5.41) is 12.3. The van der Waals surface area contributed by atoms with Crippen molar-refractivity contribution >= 4 is 5.97 Å². The molecule has 1 saturated heterocycles. The molecule has 0 spiro atoms. The van der Waals surface area contributed by atoms with Gasteiger partial charge in [0.25, 0.3) is 0 Å². The van der Waals surface area contributed by atoms with Crippen LogP contribution in [-0.4, -0.2) is 23.2 Å². The van der Waals surface area contributed by atoms with Crippen LogP contribution in [0.15, 0.2) is 24.3 Å². The van der Waals surface area contributed by atoms with Crippen molar-refractivity contribution in [2.45, 2.75) is 56.5 Å². The van der Waals surface area contributed by atoms with Gasteiger partial charge in [-0.3, -0.25) is 4.79 Å². The van der Waals surface area contributed by atoms with E-state index in [4.69, 9.17) is 5.11 Å². The number of benzene rings is 1. The number of carboxylic acid groups (broad SMARTS) is 1. The van der Waals surface area contributed by atoms with E-state index >= 15 is 0 Å². The number of hydrogen-bond donors (Lipinski definition) is 2. The highest BCUT2D eigenvalue weighted by Gasteiger charge is 2.31. The zero-order chi connectivity index (χ0) is 13.2. The summed E-state index contributed by atoms with van der Waals surface area (Å²) in [5.74, 6) is -0.0958. The standard InChI is InChI=1S/C16H21NO2/c18-16(19)15-9-8-13(17-15)10-12-6-3-5-11-4-1-2-7-14(11)12/h1-2,4,7,12-13,15,17H,3,5-6,8-10H2,(H,18,19). The largest absolute Gasteiger partial charge is 0.480 e. The highest BCUT2D eigenvalue weighted by atomic mass is 16.4. The lowest BCUT2D eigenvalue weighted by molar-refractivity contribution is -0.139. The molecule has 1 fully saturated rings. The van der Waals surface area contributed by atoms with Gasteiger partial charge >= 0.3 is 5.97 Å². The van der Waals surface area contributed by atoms with Gasteiger partial charge in [-0.05, 0) is 55.6 Å². The van der Waals surface area contributed by atoms with Crippen LogP contribution < -0.4 is 5.32 Å². The minimum absolute atomic E-state index is 0.330. The van der Waals surface area contributed by atoms with Gasteiger partial charge in [0, 0.05) is 6.04 Å². The quantitative estimate of drug-likeness (QED) is 0.877. The Morgan fingerprint density at radius 1 is 1.26 bits per heavy atom. The van der Waals surface area contributed by atoms with E-state index in [1.807, 2.05) is 0 Å². The fraction of sp³-hybridized carbons (Fsp3) is 0.562. The van der Waals surface area contributed by atoms with Crippen LogP contribution >= 0.6 is 0 Å². The first-order valence-corrected chi connectivity index (χ1v) is 7.30. The Kier molecular flexibility index (Phi) is 3.56. The molecule has 2 aliphatic rings. The Morgan fingerprint density at radius 2 is 2.11 bits per heavy atom. The molecule has 3 rings (SSSR count). The van der Waals surface area contributed by atoms with E-state index < -0.39 is 5.97 Å². The average molecular weight is 259 g/mol. The second-order valence-corrected chi connectivity index (χ2v) is 5.86. The fourth-order valence-corrected chi connectivity index (χ4v) is 3.64. The topological polar surface area (TPSA) is 49.3 Å². The first-order chi connectivity index (χ1) is 9.24. The van der Waals surface area contributed by atoms with Crippen molar-refractivity contribution < 1.29 is 9.90 Å². The summed E-state index contributed by atoms with van der Waals surface area (Å²) in [6.45, 7) is 0. The van der Waals surface area contributed by atoms with Gasteiger partial charge in [0.15, 0.2) is 0 Å². The van der Waals surface area contributed by atoms with Gasteiger partial charge < -0.3 is 10.4 Å². The van der Waals surface area contributed by atoms with Gasteiger partial charge in [-0.15, -0.1) is 0 Å². The van der Waals surface area contributed by atoms with Crippen LogP contribution in [-0.2, 0) is 11.2 Å². The molecule has 0 bridgehead atoms. The van der Waals surface area contributed by atoms with Crippen molar-refractivity contribution in [1.29, 1.82) is 0 Å². The zero-order valence-corrected chi connectivity index (χ0v) is 11.1. The molecule has 1 aliphatic heterocycles. The Morgan fingerprint density at radius 3 is 2.89 bits per heavy atom. The number of fused-ring (bicyclic) bond motifs is 1. The molecule has 0 amide bonds. The third-order valence-electron chi connectivity index (χ3n) is 4.60. The summed E-state index contributed by atoms with van der Waals surface area (Å²) in [7, 11) is 0. The summed E-state index contributed by atoms with van der Waals surface area (Å²) in [4.78, 5) is 11.0. The summed E-state index contributed by atoms with van der Waals surface area (Å²) in [5.41, 5.74) is 2.99. The van der Waals surface area contributed by atoms with Crippen LogP contribution in [0.2, 0.25) is 0 Å². The minimum atomic E-state index is -0.702. The normalized spacial score (nSPS) is 30.0. The molecule has 0 aromatic heterocycles. The van der Waals surface area contributed by atoms with Gasteiger partial charge in [0.2, 0.25) is 0 Å². The second kappa shape index (κ2) is 5.33. The second-order valence-electron chi connectivity index (χ2n) is 5.86. The van der Waals surface area contributed by atoms with Crippen molar-refractivity contribution in [2.24, 2.45) is 0 Å². The van der Waals surface area contributed by atoms with Crippen molar-refractivity contribution in [3.05, 3.63) is 35.4 Å². The molecule has 0 radical (unpaired) electrons. The maximum absolute atomic E-state index is 11.0. The molecule has 1 heterocycles. The van der Waals surface area contributed by atoms with Crippen LogP contribution in [0.5, 0.6) is 0 Å². The molecule has 3 atom stereocenters. The van der Waals surface area contributed by atoms with Gasteiger partial charge in [0.05, 0.1) is 0 Å². The van der Waals surface area contributed by atoms with Crippen molar-refractivity contribution in [2.75, 3.05) is 0 Å². The Balaban J connectivity index is 1.67. The summed E-state index contributed by atoms with van der Waals surface area (Å²) < 4.78 is 0. The maximum atomic E-state index is 11.0. The first kappa shape index (κ1) is 12.7. The number of carboxylic acids is 1. The van der Waals surface area contributed by atoms with E-state index in [2.05, 4.69) is 29.6 Å². The van der Waals surface area contributed by atoms with Crippen molar-refractivity contribution in [3.8, 4) is 0 Å². The van der Waals surface area contributed by atoms with E-state index in [-0.39, 0.29) is 6.04 Å². The molecule has 1 aliphatic carbocycles. The van der Waals surface area contributed by atoms with Gasteiger partial charge in [0.1, 0.15) is 6.04 Å². The summed E-state index contributed by atoms with van der Waals surface area (Å²) in [6.07, 6.45) is 6.55. The lowest BCUT2D eigenvalue weighted by Gasteiger charge is -2.27. The van der Waals surface area contributed by atoms with E-state index in [1.54, 1.807) is 0 Å². The van der Waals surface area contributed by atoms with Crippen LogP contribution in [0.1, 0.15) is 49.1 Å². The van der Waals surface area contributed by atoms with E-state index in [0.717, 1.165) is 19.3 Å². The van der Waals surface area contributed by atoms with Gasteiger partial charge in [-0.1, -0.05) is 24.3 Å². The smallest absolute Gasteiger partial charge is 0.320 e. The van der Waals surface area contributed by atoms with Crippen LogP contribution in [0.25, 0.3) is 0 Å². The Hall–Kier alpha value is -1.35. The fourth-order valence-electron chi connectivity index (χ4n) is 3.64. The van der Waals surface area contributed by atoms with E-state index in [9.17, 15) is 4.79 Å². The minimum Gasteiger partial charge on any atom is -0.480 e. The number of aryl methyl sites for hydroxylation is 1.